The fourth-order valence-electron chi connectivity index (χ4n) is 3.40. The van der Waals surface area contributed by atoms with Crippen molar-refractivity contribution in [1.29, 1.82) is 0 Å². The van der Waals surface area contributed by atoms with Crippen molar-refractivity contribution in [2.75, 3.05) is 5.32 Å². The summed E-state index contributed by atoms with van der Waals surface area (Å²) in [5, 5.41) is 26.5. The monoisotopic (exact) mass is 446 g/mol. The van der Waals surface area contributed by atoms with Crippen LogP contribution in [-0.4, -0.2) is 10.1 Å². The number of aliphatic hydroxyl groups excluding tert-OH is 1. The lowest BCUT2D eigenvalue weighted by molar-refractivity contribution is -0.578. The van der Waals surface area contributed by atoms with E-state index in [1.54, 1.807) is 29.1 Å². The van der Waals surface area contributed by atoms with Gasteiger partial charge in [0, 0.05) is 17.3 Å². The Morgan fingerprint density at radius 1 is 1.06 bits per heavy atom. The van der Waals surface area contributed by atoms with E-state index in [9.17, 15) is 10.2 Å². The van der Waals surface area contributed by atoms with Gasteiger partial charge in [0.15, 0.2) is 17.4 Å². The highest BCUT2D eigenvalue weighted by Crippen LogP contribution is 2.25. The molecule has 0 bridgehead atoms. The van der Waals surface area contributed by atoms with Gasteiger partial charge in [0.2, 0.25) is 5.70 Å². The summed E-state index contributed by atoms with van der Waals surface area (Å²) in [5.41, 5.74) is 5.73. The van der Waals surface area contributed by atoms with Crippen molar-refractivity contribution in [3.05, 3.63) is 94.8 Å². The quantitative estimate of drug-likeness (QED) is 0.262. The molecule has 3 rings (SSSR count). The van der Waals surface area contributed by atoms with Crippen LogP contribution in [0.15, 0.2) is 67.0 Å². The molecule has 0 saturated heterocycles. The molecule has 0 aliphatic carbocycles. The molecule has 0 unspecified atom stereocenters. The predicted molar refractivity (Wildman–Crippen MR) is 133 cm³/mol. The minimum absolute atomic E-state index is 0.00210. The summed E-state index contributed by atoms with van der Waals surface area (Å²) in [6.07, 6.45) is 3.50. The zero-order valence-corrected chi connectivity index (χ0v) is 20.1. The van der Waals surface area contributed by atoms with E-state index in [1.807, 2.05) is 56.3 Å². The van der Waals surface area contributed by atoms with Crippen molar-refractivity contribution in [2.24, 2.45) is 0 Å². The molecule has 1 heterocycles. The van der Waals surface area contributed by atoms with E-state index >= 15 is 0 Å². The lowest BCUT2D eigenvalue weighted by Crippen LogP contribution is -2.40. The SMILES string of the molecule is Cc1ccc(C)c(NC(=S)/C(=C(\[O-])c2ccc(C(C)(C)C)cc2)[n+]2cccc(CO)c2)c1. The summed E-state index contributed by atoms with van der Waals surface area (Å²) in [6.45, 7) is 10.3. The van der Waals surface area contributed by atoms with E-state index in [0.29, 0.717) is 21.8 Å². The van der Waals surface area contributed by atoms with Crippen LogP contribution in [0.4, 0.5) is 5.69 Å². The average molecular weight is 447 g/mol. The predicted octanol–water partition coefficient (Wildman–Crippen LogP) is 4.51. The maximum atomic E-state index is 13.6. The Balaban J connectivity index is 2.11. The lowest BCUT2D eigenvalue weighted by atomic mass is 9.86. The van der Waals surface area contributed by atoms with Gasteiger partial charge in [-0.15, -0.1) is 0 Å². The minimum atomic E-state index is -0.187. The number of nitrogens with one attached hydrogen (secondary N) is 1. The molecule has 3 aromatic rings. The van der Waals surface area contributed by atoms with E-state index in [0.717, 1.165) is 22.4 Å². The standard InChI is InChI=1S/C27H30N2O2S/c1-18-8-9-19(2)23(15-18)28-26(32)24(29-14-6-7-20(16-29)17-30)25(31)21-10-12-22(13-11-21)27(3,4)5/h6-16,30H,17H2,1-5H3,(H-,28,31,32). The van der Waals surface area contributed by atoms with Gasteiger partial charge in [0.05, 0.1) is 6.61 Å². The Bertz CT molecular complexity index is 1160. The van der Waals surface area contributed by atoms with Crippen LogP contribution in [0.3, 0.4) is 0 Å². The van der Waals surface area contributed by atoms with Gasteiger partial charge in [-0.3, -0.25) is 0 Å². The summed E-state index contributed by atoms with van der Waals surface area (Å²) < 4.78 is 1.69. The first-order chi connectivity index (χ1) is 15.1. The number of aliphatic hydroxyl groups is 1. The largest absolute Gasteiger partial charge is 0.867 e. The van der Waals surface area contributed by atoms with Crippen molar-refractivity contribution >= 4 is 34.3 Å². The first-order valence-corrected chi connectivity index (χ1v) is 11.0. The van der Waals surface area contributed by atoms with E-state index < -0.39 is 0 Å². The van der Waals surface area contributed by atoms with Crippen LogP contribution in [0, 0.1) is 13.8 Å². The van der Waals surface area contributed by atoms with Gasteiger partial charge >= 0.3 is 0 Å². The number of aryl methyl sites for hydroxylation is 2. The average Bonchev–Trinajstić information content (AvgIpc) is 2.76. The number of nitrogens with zero attached hydrogens (tertiary/aromatic N) is 1. The first kappa shape index (κ1) is 23.6. The van der Waals surface area contributed by atoms with Crippen molar-refractivity contribution in [3.8, 4) is 0 Å². The van der Waals surface area contributed by atoms with Gasteiger partial charge < -0.3 is 15.5 Å². The topological polar surface area (TPSA) is 59.2 Å². The second kappa shape index (κ2) is 9.63. The van der Waals surface area contributed by atoms with Crippen LogP contribution >= 0.6 is 12.2 Å². The van der Waals surface area contributed by atoms with Gasteiger partial charge in [0.25, 0.3) is 0 Å². The molecule has 0 atom stereocenters. The number of benzene rings is 2. The number of pyridine rings is 1. The zero-order valence-electron chi connectivity index (χ0n) is 19.3. The van der Waals surface area contributed by atoms with Gasteiger partial charge in [-0.1, -0.05) is 69.4 Å². The summed E-state index contributed by atoms with van der Waals surface area (Å²) in [6, 6.07) is 17.3. The Labute approximate surface area is 195 Å². The number of aromatic nitrogens is 1. The fourth-order valence-corrected chi connectivity index (χ4v) is 3.71. The smallest absolute Gasteiger partial charge is 0.238 e. The molecule has 2 aromatic carbocycles. The maximum absolute atomic E-state index is 13.6. The van der Waals surface area contributed by atoms with Gasteiger partial charge in [-0.2, -0.15) is 4.57 Å². The lowest BCUT2D eigenvalue weighted by Gasteiger charge is -2.21. The van der Waals surface area contributed by atoms with E-state index in [4.69, 9.17) is 12.2 Å². The van der Waals surface area contributed by atoms with E-state index in [2.05, 4.69) is 26.1 Å². The van der Waals surface area contributed by atoms with E-state index in [1.165, 1.54) is 0 Å². The minimum Gasteiger partial charge on any atom is -0.867 e. The van der Waals surface area contributed by atoms with Crippen LogP contribution in [0.5, 0.6) is 0 Å². The summed E-state index contributed by atoms with van der Waals surface area (Å²) >= 11 is 5.73. The van der Waals surface area contributed by atoms with Gasteiger partial charge in [0.1, 0.15) is 0 Å². The summed E-state index contributed by atoms with van der Waals surface area (Å²) in [7, 11) is 0. The van der Waals surface area contributed by atoms with Crippen LogP contribution in [0.1, 0.15) is 48.6 Å². The summed E-state index contributed by atoms with van der Waals surface area (Å²) in [4.78, 5) is 0.323. The second-order valence-corrected chi connectivity index (χ2v) is 9.46. The van der Waals surface area contributed by atoms with Crippen molar-refractivity contribution < 1.29 is 14.8 Å². The van der Waals surface area contributed by atoms with Gasteiger partial charge in [-0.05, 0) is 59.4 Å². The molecule has 0 fully saturated rings. The number of rotatable bonds is 5. The molecule has 1 aromatic heterocycles. The number of hydrogen-bond acceptors (Lipinski definition) is 3. The molecule has 2 N–H and O–H groups in total. The molecule has 166 valence electrons. The third-order valence-electron chi connectivity index (χ3n) is 5.39. The summed E-state index contributed by atoms with van der Waals surface area (Å²) in [5.74, 6) is -0.187. The molecule has 5 heteroatoms. The van der Waals surface area contributed by atoms with Gasteiger partial charge in [-0.25, -0.2) is 0 Å². The van der Waals surface area contributed by atoms with Crippen LogP contribution < -0.4 is 15.0 Å². The molecule has 0 saturated carbocycles. The molecular formula is C27H30N2O2S. The Morgan fingerprint density at radius 3 is 2.38 bits per heavy atom. The highest BCUT2D eigenvalue weighted by Gasteiger charge is 2.21. The highest BCUT2D eigenvalue weighted by molar-refractivity contribution is 7.81. The maximum Gasteiger partial charge on any atom is 0.238 e. The Morgan fingerprint density at radius 2 is 1.75 bits per heavy atom. The van der Waals surface area contributed by atoms with Crippen molar-refractivity contribution in [1.82, 2.24) is 0 Å². The molecule has 32 heavy (non-hydrogen) atoms. The van der Waals surface area contributed by atoms with Crippen LogP contribution in [0.2, 0.25) is 0 Å². The molecule has 0 aliphatic heterocycles. The Kier molecular flexibility index (Phi) is 7.12. The first-order valence-electron chi connectivity index (χ1n) is 10.6. The van der Waals surface area contributed by atoms with Crippen LogP contribution in [-0.2, 0) is 12.0 Å². The normalized spacial score (nSPS) is 12.3. The highest BCUT2D eigenvalue weighted by atomic mass is 32.1. The zero-order chi connectivity index (χ0) is 23.5. The molecule has 0 radical (unpaired) electrons. The molecular weight excluding hydrogens is 416 g/mol. The van der Waals surface area contributed by atoms with Crippen LogP contribution in [0.25, 0.3) is 11.5 Å². The Hall–Kier alpha value is -3.02. The number of thiocarbonyl (C=S) groups is 1. The number of anilines is 1. The van der Waals surface area contributed by atoms with Crippen molar-refractivity contribution in [3.63, 3.8) is 0 Å². The molecule has 0 spiro atoms. The molecule has 4 nitrogen and oxygen atoms in total. The fraction of sp³-hybridized carbons (Fsp3) is 0.259. The number of hydrogen-bond donors (Lipinski definition) is 2. The van der Waals surface area contributed by atoms with E-state index in [-0.39, 0.29) is 17.8 Å². The molecule has 0 amide bonds. The molecule has 0 aliphatic rings. The third kappa shape index (κ3) is 5.42. The third-order valence-corrected chi connectivity index (χ3v) is 5.68. The van der Waals surface area contributed by atoms with Crippen molar-refractivity contribution in [2.45, 2.75) is 46.6 Å². The second-order valence-electron chi connectivity index (χ2n) is 9.06.